The summed E-state index contributed by atoms with van der Waals surface area (Å²) < 4.78 is 0. The molecule has 0 bridgehead atoms. The molecule has 0 aromatic heterocycles. The molecule has 0 saturated heterocycles. The van der Waals surface area contributed by atoms with E-state index in [1.807, 2.05) is 0 Å². The van der Waals surface area contributed by atoms with E-state index in [0.29, 0.717) is 12.8 Å². The van der Waals surface area contributed by atoms with Crippen molar-refractivity contribution in [3.63, 3.8) is 0 Å². The lowest BCUT2D eigenvalue weighted by Crippen LogP contribution is -2.24. The molecule has 6 nitrogen and oxygen atoms in total. The van der Waals surface area contributed by atoms with Gasteiger partial charge in [0.05, 0.1) is 0 Å². The summed E-state index contributed by atoms with van der Waals surface area (Å²) in [6.45, 7) is 9.81. The SMILES string of the molecule is CC(C)(C)C(O)O.CCCCCCCCCCCCCCCC(=O)O.CCCCCCCCCCCCCCCC(=O)O. The monoisotopic (exact) mass is 617 g/mol. The van der Waals surface area contributed by atoms with Crippen LogP contribution >= 0.6 is 0 Å². The molecule has 43 heavy (non-hydrogen) atoms. The zero-order chi connectivity index (χ0) is 33.0. The minimum Gasteiger partial charge on any atom is -0.481 e. The number of aliphatic hydroxyl groups excluding tert-OH is 1. The van der Waals surface area contributed by atoms with Crippen LogP contribution in [0.2, 0.25) is 0 Å². The van der Waals surface area contributed by atoms with Crippen molar-refractivity contribution in [1.82, 2.24) is 0 Å². The van der Waals surface area contributed by atoms with Crippen LogP contribution < -0.4 is 0 Å². The first-order valence-electron chi connectivity index (χ1n) is 18.3. The molecule has 0 aromatic carbocycles. The van der Waals surface area contributed by atoms with Gasteiger partial charge in [0.2, 0.25) is 0 Å². The van der Waals surface area contributed by atoms with E-state index in [0.717, 1.165) is 25.7 Å². The Bertz CT molecular complexity index is 516. The zero-order valence-corrected chi connectivity index (χ0v) is 29.5. The molecule has 0 heterocycles. The van der Waals surface area contributed by atoms with E-state index in [1.165, 1.54) is 141 Å². The molecule has 260 valence electrons. The number of unbranched alkanes of at least 4 members (excludes halogenated alkanes) is 24. The third kappa shape index (κ3) is 50.8. The van der Waals surface area contributed by atoms with Crippen LogP contribution in [0, 0.1) is 5.41 Å². The lowest BCUT2D eigenvalue weighted by molar-refractivity contribution is -0.138. The van der Waals surface area contributed by atoms with E-state index in [-0.39, 0.29) is 5.41 Å². The van der Waals surface area contributed by atoms with Crippen LogP contribution in [0.25, 0.3) is 0 Å². The number of hydrogen-bond donors (Lipinski definition) is 4. The molecule has 0 aliphatic heterocycles. The molecule has 0 atom stereocenters. The molecule has 0 aliphatic carbocycles. The second-order valence-electron chi connectivity index (χ2n) is 13.5. The lowest BCUT2D eigenvalue weighted by atomic mass is 9.96. The summed E-state index contributed by atoms with van der Waals surface area (Å²) in [5.41, 5.74) is -0.389. The van der Waals surface area contributed by atoms with Gasteiger partial charge in [-0.2, -0.15) is 0 Å². The molecule has 0 radical (unpaired) electrons. The van der Waals surface area contributed by atoms with Crippen LogP contribution in [-0.2, 0) is 9.59 Å². The van der Waals surface area contributed by atoms with Crippen LogP contribution in [0.1, 0.15) is 214 Å². The van der Waals surface area contributed by atoms with Gasteiger partial charge >= 0.3 is 11.9 Å². The Labute approximate surface area is 267 Å². The molecule has 0 aliphatic rings. The molecule has 0 spiro atoms. The van der Waals surface area contributed by atoms with Crippen LogP contribution in [0.3, 0.4) is 0 Å². The molecule has 0 unspecified atom stereocenters. The van der Waals surface area contributed by atoms with Crippen molar-refractivity contribution in [2.45, 2.75) is 221 Å². The highest BCUT2D eigenvalue weighted by atomic mass is 16.5. The third-order valence-electron chi connectivity index (χ3n) is 7.76. The number of rotatable bonds is 28. The molecule has 0 rings (SSSR count). The van der Waals surface area contributed by atoms with E-state index >= 15 is 0 Å². The molecule has 0 saturated carbocycles. The fourth-order valence-electron chi connectivity index (χ4n) is 4.59. The van der Waals surface area contributed by atoms with Crippen molar-refractivity contribution in [3.8, 4) is 0 Å². The van der Waals surface area contributed by atoms with Gasteiger partial charge in [-0.15, -0.1) is 0 Å². The third-order valence-corrected chi connectivity index (χ3v) is 7.76. The number of aliphatic carboxylic acids is 2. The van der Waals surface area contributed by atoms with Gasteiger partial charge in [0.15, 0.2) is 6.29 Å². The molecular weight excluding hydrogens is 540 g/mol. The topological polar surface area (TPSA) is 115 Å². The Morgan fingerprint density at radius 1 is 0.419 bits per heavy atom. The fourth-order valence-corrected chi connectivity index (χ4v) is 4.59. The summed E-state index contributed by atoms with van der Waals surface area (Å²) in [6, 6.07) is 0. The van der Waals surface area contributed by atoms with Gasteiger partial charge in [-0.25, -0.2) is 0 Å². The summed E-state index contributed by atoms with van der Waals surface area (Å²) >= 11 is 0. The standard InChI is InChI=1S/2C16H32O2.C5H12O2/c2*1-2-3-4-5-6-7-8-9-10-11-12-13-14-15-16(17)18;1-5(2,3)4(6)7/h2*2-15H2,1H3,(H,17,18);4,6-7H,1-3H3. The van der Waals surface area contributed by atoms with Gasteiger partial charge < -0.3 is 20.4 Å². The molecular formula is C37H76O6. The zero-order valence-electron chi connectivity index (χ0n) is 29.5. The smallest absolute Gasteiger partial charge is 0.303 e. The second-order valence-corrected chi connectivity index (χ2v) is 13.5. The lowest BCUT2D eigenvalue weighted by Gasteiger charge is -2.19. The van der Waals surface area contributed by atoms with Crippen LogP contribution in [0.15, 0.2) is 0 Å². The minimum atomic E-state index is -1.20. The second kappa shape index (κ2) is 37.0. The number of carbonyl (C=O) groups is 2. The average Bonchev–Trinajstić information content (AvgIpc) is 2.93. The van der Waals surface area contributed by atoms with Crippen molar-refractivity contribution in [2.75, 3.05) is 0 Å². The first-order chi connectivity index (χ1) is 20.5. The van der Waals surface area contributed by atoms with Crippen molar-refractivity contribution >= 4 is 11.9 Å². The van der Waals surface area contributed by atoms with Crippen molar-refractivity contribution in [1.29, 1.82) is 0 Å². The Kier molecular flexibility index (Phi) is 39.9. The Hall–Kier alpha value is -1.14. The molecule has 0 amide bonds. The van der Waals surface area contributed by atoms with Crippen molar-refractivity contribution in [2.24, 2.45) is 5.41 Å². The van der Waals surface area contributed by atoms with E-state index in [4.69, 9.17) is 20.4 Å². The van der Waals surface area contributed by atoms with Gasteiger partial charge in [-0.3, -0.25) is 9.59 Å². The molecule has 6 heteroatoms. The fraction of sp³-hybridized carbons (Fsp3) is 0.946. The quantitative estimate of drug-likeness (QED) is 0.0513. The van der Waals surface area contributed by atoms with E-state index in [9.17, 15) is 9.59 Å². The van der Waals surface area contributed by atoms with E-state index in [1.54, 1.807) is 20.8 Å². The number of carboxylic acids is 2. The van der Waals surface area contributed by atoms with Gasteiger partial charge in [0.1, 0.15) is 0 Å². The predicted octanol–water partition coefficient (Wildman–Crippen LogP) is 11.4. The normalized spacial score (nSPS) is 11.1. The number of aliphatic hydroxyl groups is 2. The number of hydrogen-bond acceptors (Lipinski definition) is 4. The van der Waals surface area contributed by atoms with Crippen molar-refractivity contribution < 1.29 is 30.0 Å². The van der Waals surface area contributed by atoms with E-state index < -0.39 is 18.2 Å². The highest BCUT2D eigenvalue weighted by Crippen LogP contribution is 2.16. The largest absolute Gasteiger partial charge is 0.481 e. The molecule has 4 N–H and O–H groups in total. The maximum absolute atomic E-state index is 10.3. The van der Waals surface area contributed by atoms with Gasteiger partial charge in [0.25, 0.3) is 0 Å². The van der Waals surface area contributed by atoms with Gasteiger partial charge in [-0.05, 0) is 12.8 Å². The first kappa shape index (κ1) is 46.3. The Balaban J connectivity index is -0.000000611. The first-order valence-corrected chi connectivity index (χ1v) is 18.3. The van der Waals surface area contributed by atoms with E-state index in [2.05, 4.69) is 13.8 Å². The van der Waals surface area contributed by atoms with Crippen LogP contribution in [-0.4, -0.2) is 38.7 Å². The maximum Gasteiger partial charge on any atom is 0.303 e. The maximum atomic E-state index is 10.3. The average molecular weight is 617 g/mol. The van der Waals surface area contributed by atoms with Crippen molar-refractivity contribution in [3.05, 3.63) is 0 Å². The van der Waals surface area contributed by atoms with Crippen LogP contribution in [0.4, 0.5) is 0 Å². The Morgan fingerprint density at radius 2 is 0.581 bits per heavy atom. The minimum absolute atomic E-state index is 0.345. The Morgan fingerprint density at radius 3 is 0.721 bits per heavy atom. The van der Waals surface area contributed by atoms with Gasteiger partial charge in [-0.1, -0.05) is 189 Å². The summed E-state index contributed by atoms with van der Waals surface area (Å²) in [5, 5.41) is 33.9. The summed E-state index contributed by atoms with van der Waals surface area (Å²) in [4.78, 5) is 20.6. The van der Waals surface area contributed by atoms with Crippen LogP contribution in [0.5, 0.6) is 0 Å². The van der Waals surface area contributed by atoms with Gasteiger partial charge in [0, 0.05) is 18.3 Å². The predicted molar refractivity (Wildman–Crippen MR) is 184 cm³/mol. The summed E-state index contributed by atoms with van der Waals surface area (Å²) in [6.07, 6.45) is 33.3. The number of carboxylic acid groups (broad SMARTS) is 2. The molecule has 0 aromatic rings. The summed E-state index contributed by atoms with van der Waals surface area (Å²) in [7, 11) is 0. The molecule has 0 fully saturated rings. The highest BCUT2D eigenvalue weighted by molar-refractivity contribution is 5.66. The highest BCUT2D eigenvalue weighted by Gasteiger charge is 2.18. The summed E-state index contributed by atoms with van der Waals surface area (Å²) in [5.74, 6) is -1.31.